The molecule has 0 aromatic rings. The minimum atomic E-state index is -1.20. The number of halogens is 1. The molecule has 0 aromatic carbocycles. The van der Waals surface area contributed by atoms with Gasteiger partial charge in [0.1, 0.15) is 11.6 Å². The smallest absolute Gasteiger partial charge is 0.237 e. The maximum absolute atomic E-state index is 13.4. The van der Waals surface area contributed by atoms with Crippen LogP contribution in [0.2, 0.25) is 0 Å². The van der Waals surface area contributed by atoms with Gasteiger partial charge < -0.3 is 16.0 Å². The molecule has 6 nitrogen and oxygen atoms in total. The molecule has 134 valence electrons. The Morgan fingerprint density at radius 1 is 1.17 bits per heavy atom. The number of carbonyl (C=O) groups is 3. The highest BCUT2D eigenvalue weighted by Crippen LogP contribution is 2.46. The molecule has 0 bridgehead atoms. The number of carbonyl (C=O) groups excluding carboxylic acids is 3. The van der Waals surface area contributed by atoms with Crippen molar-refractivity contribution in [1.29, 1.82) is 0 Å². The largest absolute Gasteiger partial charge is 0.369 e. The van der Waals surface area contributed by atoms with E-state index in [0.717, 1.165) is 12.8 Å². The molecule has 0 spiro atoms. The Labute approximate surface area is 141 Å². The second-order valence-corrected chi connectivity index (χ2v) is 8.02. The Kier molecular flexibility index (Phi) is 4.30. The zero-order valence-corrected chi connectivity index (χ0v) is 14.3. The Hall–Kier alpha value is -1.66. The molecule has 7 heteroatoms. The van der Waals surface area contributed by atoms with Gasteiger partial charge >= 0.3 is 0 Å². The molecule has 5 atom stereocenters. The summed E-state index contributed by atoms with van der Waals surface area (Å²) in [7, 11) is 0. The summed E-state index contributed by atoms with van der Waals surface area (Å²) in [5.74, 6) is -0.665. The number of primary amides is 1. The summed E-state index contributed by atoms with van der Waals surface area (Å²) in [4.78, 5) is 37.7. The molecule has 3 unspecified atom stereocenters. The number of alkyl halides is 1. The first-order chi connectivity index (χ1) is 11.2. The fourth-order valence-corrected chi connectivity index (χ4v) is 4.06. The molecule has 1 saturated heterocycles. The third-order valence-electron chi connectivity index (χ3n) is 5.92. The zero-order chi connectivity index (χ0) is 17.6. The van der Waals surface area contributed by atoms with Crippen molar-refractivity contribution in [3.63, 3.8) is 0 Å². The first kappa shape index (κ1) is 17.2. The summed E-state index contributed by atoms with van der Waals surface area (Å²) in [6.07, 6.45) is 1.54. The number of amides is 3. The summed E-state index contributed by atoms with van der Waals surface area (Å²) in [6.45, 7) is 4.16. The Morgan fingerprint density at radius 2 is 1.79 bits per heavy atom. The van der Waals surface area contributed by atoms with Crippen LogP contribution in [0.15, 0.2) is 0 Å². The van der Waals surface area contributed by atoms with Crippen molar-refractivity contribution in [2.75, 3.05) is 13.1 Å². The molecule has 2 saturated carbocycles. The average molecular weight is 339 g/mol. The fraction of sp³-hybridized carbons (Fsp3) is 0.824. The first-order valence-electron chi connectivity index (χ1n) is 8.75. The van der Waals surface area contributed by atoms with Gasteiger partial charge in [-0.1, -0.05) is 0 Å². The molecule has 24 heavy (non-hydrogen) atoms. The van der Waals surface area contributed by atoms with Crippen molar-refractivity contribution in [1.82, 2.24) is 10.2 Å². The van der Waals surface area contributed by atoms with Crippen LogP contribution in [0.5, 0.6) is 0 Å². The Bertz CT molecular complexity index is 553. The number of fused-ring (bicyclic) bond motifs is 1. The zero-order valence-electron chi connectivity index (χ0n) is 14.3. The number of nitrogens with one attached hydrogen (secondary N) is 1. The molecule has 3 amide bonds. The molecule has 1 heterocycles. The first-order valence-corrected chi connectivity index (χ1v) is 8.75. The van der Waals surface area contributed by atoms with Crippen molar-refractivity contribution >= 4 is 17.7 Å². The van der Waals surface area contributed by atoms with Crippen molar-refractivity contribution in [3.05, 3.63) is 0 Å². The van der Waals surface area contributed by atoms with Crippen LogP contribution < -0.4 is 11.1 Å². The molecule has 2 aliphatic carbocycles. The van der Waals surface area contributed by atoms with Gasteiger partial charge in [0, 0.05) is 36.9 Å². The molecule has 0 radical (unpaired) electrons. The molecule has 1 aliphatic heterocycles. The van der Waals surface area contributed by atoms with Gasteiger partial charge in [-0.05, 0) is 39.5 Å². The van der Waals surface area contributed by atoms with E-state index in [1.54, 1.807) is 4.90 Å². The molecule has 3 fully saturated rings. The number of hydrogen-bond donors (Lipinski definition) is 2. The summed E-state index contributed by atoms with van der Waals surface area (Å²) in [6, 6.07) is 0.0817. The normalized spacial score (nSPS) is 35.3. The van der Waals surface area contributed by atoms with E-state index in [1.165, 1.54) is 13.8 Å². The lowest BCUT2D eigenvalue weighted by molar-refractivity contribution is -0.146. The van der Waals surface area contributed by atoms with Crippen LogP contribution in [0, 0.1) is 23.2 Å². The minimum Gasteiger partial charge on any atom is -0.369 e. The van der Waals surface area contributed by atoms with Crippen LogP contribution in [0.3, 0.4) is 0 Å². The van der Waals surface area contributed by atoms with E-state index in [2.05, 4.69) is 5.32 Å². The molecule has 3 aliphatic rings. The minimum absolute atomic E-state index is 0.0490. The van der Waals surface area contributed by atoms with Gasteiger partial charge in [-0.2, -0.15) is 0 Å². The maximum atomic E-state index is 13.4. The van der Waals surface area contributed by atoms with Crippen molar-refractivity contribution < 1.29 is 18.8 Å². The summed E-state index contributed by atoms with van der Waals surface area (Å²) in [5, 5.41) is 3.03. The number of rotatable bonds is 4. The molecule has 3 N–H and O–H groups in total. The predicted molar refractivity (Wildman–Crippen MR) is 85.3 cm³/mol. The van der Waals surface area contributed by atoms with Crippen LogP contribution in [-0.2, 0) is 14.4 Å². The highest BCUT2D eigenvalue weighted by Gasteiger charge is 2.59. The lowest BCUT2D eigenvalue weighted by Gasteiger charge is -2.29. The lowest BCUT2D eigenvalue weighted by Crippen LogP contribution is -2.49. The van der Waals surface area contributed by atoms with Crippen LogP contribution in [-0.4, -0.2) is 47.9 Å². The molecular formula is C17H26FN3O3. The van der Waals surface area contributed by atoms with Gasteiger partial charge in [0.25, 0.3) is 0 Å². The number of nitrogens with zero attached hydrogens (tertiary/aromatic N) is 1. The van der Waals surface area contributed by atoms with E-state index in [-0.39, 0.29) is 35.6 Å². The number of hydrogen-bond acceptors (Lipinski definition) is 3. The van der Waals surface area contributed by atoms with E-state index < -0.39 is 17.5 Å². The topological polar surface area (TPSA) is 92.5 Å². The van der Waals surface area contributed by atoms with Gasteiger partial charge in [-0.15, -0.1) is 0 Å². The number of piperidine rings is 1. The van der Waals surface area contributed by atoms with Crippen LogP contribution in [0.4, 0.5) is 4.39 Å². The summed E-state index contributed by atoms with van der Waals surface area (Å²) in [5.41, 5.74) is 4.10. The highest BCUT2D eigenvalue weighted by atomic mass is 19.1. The second kappa shape index (κ2) is 6.01. The van der Waals surface area contributed by atoms with Crippen LogP contribution >= 0.6 is 0 Å². The van der Waals surface area contributed by atoms with E-state index in [1.807, 2.05) is 0 Å². The fourth-order valence-electron chi connectivity index (χ4n) is 4.06. The third kappa shape index (κ3) is 3.00. The van der Waals surface area contributed by atoms with E-state index >= 15 is 0 Å². The van der Waals surface area contributed by atoms with Gasteiger partial charge in [0.2, 0.25) is 17.7 Å². The summed E-state index contributed by atoms with van der Waals surface area (Å²) < 4.78 is 13.4. The molecule has 0 aromatic heterocycles. The van der Waals surface area contributed by atoms with Crippen LogP contribution in [0.1, 0.15) is 39.5 Å². The van der Waals surface area contributed by atoms with Gasteiger partial charge in [-0.3, -0.25) is 14.4 Å². The quantitative estimate of drug-likeness (QED) is 0.735. The number of nitrogens with two attached hydrogens (primary N) is 1. The van der Waals surface area contributed by atoms with Crippen molar-refractivity contribution in [2.24, 2.45) is 28.9 Å². The molecule has 3 rings (SSSR count). The van der Waals surface area contributed by atoms with Crippen LogP contribution in [0.25, 0.3) is 0 Å². The number of likely N-dealkylation sites (tertiary alicyclic amines) is 1. The van der Waals surface area contributed by atoms with Gasteiger partial charge in [0.15, 0.2) is 0 Å². The lowest BCUT2D eigenvalue weighted by atomic mass is 9.87. The predicted octanol–water partition coefficient (Wildman–Crippen LogP) is 0.599. The van der Waals surface area contributed by atoms with Crippen molar-refractivity contribution in [2.45, 2.75) is 51.7 Å². The monoisotopic (exact) mass is 339 g/mol. The average Bonchev–Trinajstić information content (AvgIpc) is 2.96. The molecular weight excluding hydrogens is 313 g/mol. The van der Waals surface area contributed by atoms with E-state index in [4.69, 9.17) is 5.73 Å². The van der Waals surface area contributed by atoms with Gasteiger partial charge in [-0.25, -0.2) is 4.39 Å². The van der Waals surface area contributed by atoms with Gasteiger partial charge in [0.05, 0.1) is 0 Å². The van der Waals surface area contributed by atoms with Crippen molar-refractivity contribution in [3.8, 4) is 0 Å². The Balaban J connectivity index is 1.49. The second-order valence-electron chi connectivity index (χ2n) is 8.02. The third-order valence-corrected chi connectivity index (χ3v) is 5.92. The highest BCUT2D eigenvalue weighted by molar-refractivity contribution is 6.03. The van der Waals surface area contributed by atoms with E-state index in [9.17, 15) is 18.8 Å². The standard InChI is InChI=1S/C17H26FN3O3/c1-17(2,15(19)23)16(24)21-7-11-12(8-21)13(11)20-14(22)9-4-3-5-10(18)6-9/h9-13H,3-8H2,1-2H3,(H2,19,23)(H,20,22)/t9?,10?,11-,12+,13?. The SMILES string of the molecule is CC(C)(C(N)=O)C(=O)N1C[C@@H]2C(NC(=O)C3CCCC(F)C3)[C@@H]2C1. The summed E-state index contributed by atoms with van der Waals surface area (Å²) >= 11 is 0. The Morgan fingerprint density at radius 3 is 2.33 bits per heavy atom. The maximum Gasteiger partial charge on any atom is 0.237 e. The van der Waals surface area contributed by atoms with E-state index in [0.29, 0.717) is 25.9 Å².